The van der Waals surface area contributed by atoms with E-state index in [1.807, 2.05) is 19.1 Å². The molecule has 0 aromatic heterocycles. The minimum atomic E-state index is -0.198. The zero-order valence-electron chi connectivity index (χ0n) is 15.5. The number of hydrogen-bond donors (Lipinski definition) is 0. The van der Waals surface area contributed by atoms with Crippen LogP contribution in [-0.2, 0) is 11.2 Å². The van der Waals surface area contributed by atoms with Crippen LogP contribution in [0.2, 0.25) is 0 Å². The van der Waals surface area contributed by atoms with Crippen molar-refractivity contribution in [3.63, 3.8) is 0 Å². The maximum atomic E-state index is 13.0. The van der Waals surface area contributed by atoms with E-state index < -0.39 is 0 Å². The van der Waals surface area contributed by atoms with Gasteiger partial charge < -0.3 is 4.74 Å². The summed E-state index contributed by atoms with van der Waals surface area (Å²) in [6.07, 6.45) is 5.04. The molecule has 0 aliphatic heterocycles. The fraction of sp³-hybridized carbons (Fsp3) is 0.500. The van der Waals surface area contributed by atoms with E-state index in [-0.39, 0.29) is 10.8 Å². The smallest absolute Gasteiger partial charge is 0.165 e. The number of carbonyl (C=O) groups excluding carboxylic acids is 1. The first-order chi connectivity index (χ1) is 11.2. The summed E-state index contributed by atoms with van der Waals surface area (Å²) in [5, 5.41) is 0. The van der Waals surface area contributed by atoms with Crippen molar-refractivity contribution in [3.05, 3.63) is 47.1 Å². The van der Waals surface area contributed by atoms with Crippen molar-refractivity contribution in [3.8, 4) is 5.75 Å². The van der Waals surface area contributed by atoms with Crippen LogP contribution in [0.25, 0.3) is 6.08 Å². The Kier molecular flexibility index (Phi) is 3.98. The second-order valence-corrected chi connectivity index (χ2v) is 8.28. The predicted molar refractivity (Wildman–Crippen MR) is 99.1 cm³/mol. The van der Waals surface area contributed by atoms with Crippen LogP contribution in [0, 0.1) is 16.7 Å². The van der Waals surface area contributed by atoms with E-state index in [1.54, 1.807) is 7.11 Å². The molecule has 0 saturated heterocycles. The molecule has 0 amide bonds. The molecule has 1 aromatic carbocycles. The van der Waals surface area contributed by atoms with E-state index in [1.165, 1.54) is 0 Å². The normalized spacial score (nSPS) is 29.3. The average Bonchev–Trinajstić information content (AvgIpc) is 2.81. The molecule has 128 valence electrons. The molecule has 2 bridgehead atoms. The minimum absolute atomic E-state index is 0.0585. The highest BCUT2D eigenvalue weighted by atomic mass is 16.5. The first-order valence-electron chi connectivity index (χ1n) is 8.78. The summed E-state index contributed by atoms with van der Waals surface area (Å²) in [7, 11) is 1.69. The molecule has 0 spiro atoms. The number of hydrogen-bond acceptors (Lipinski definition) is 2. The summed E-state index contributed by atoms with van der Waals surface area (Å²) in [5.74, 6) is 1.61. The van der Waals surface area contributed by atoms with Crippen LogP contribution in [0.4, 0.5) is 0 Å². The molecule has 2 fully saturated rings. The van der Waals surface area contributed by atoms with Crippen LogP contribution in [-0.4, -0.2) is 12.9 Å². The molecule has 2 heteroatoms. The zero-order chi connectivity index (χ0) is 17.7. The highest BCUT2D eigenvalue weighted by Crippen LogP contribution is 2.65. The third kappa shape index (κ3) is 2.35. The first-order valence-corrected chi connectivity index (χ1v) is 8.78. The van der Waals surface area contributed by atoms with Crippen molar-refractivity contribution >= 4 is 11.9 Å². The van der Waals surface area contributed by atoms with Crippen LogP contribution in [0.5, 0.6) is 5.75 Å². The molecule has 24 heavy (non-hydrogen) atoms. The Morgan fingerprint density at radius 2 is 2.08 bits per heavy atom. The molecule has 2 aliphatic carbocycles. The van der Waals surface area contributed by atoms with Gasteiger partial charge in [-0.15, -0.1) is 0 Å². The van der Waals surface area contributed by atoms with Crippen LogP contribution >= 0.6 is 0 Å². The molecule has 0 heterocycles. The average molecular weight is 324 g/mol. The van der Waals surface area contributed by atoms with Gasteiger partial charge in [-0.2, -0.15) is 0 Å². The number of allylic oxidation sites excluding steroid dienone is 2. The molecular weight excluding hydrogens is 296 g/mol. The van der Waals surface area contributed by atoms with Gasteiger partial charge in [0.1, 0.15) is 5.75 Å². The number of methoxy groups -OCH3 is 1. The Labute approximate surface area is 145 Å². The second-order valence-electron chi connectivity index (χ2n) is 8.28. The minimum Gasteiger partial charge on any atom is -0.496 e. The van der Waals surface area contributed by atoms with Crippen LogP contribution < -0.4 is 4.74 Å². The van der Waals surface area contributed by atoms with Gasteiger partial charge in [-0.3, -0.25) is 4.79 Å². The Morgan fingerprint density at radius 3 is 2.62 bits per heavy atom. The van der Waals surface area contributed by atoms with Gasteiger partial charge in [0.2, 0.25) is 0 Å². The largest absolute Gasteiger partial charge is 0.496 e. The monoisotopic (exact) mass is 324 g/mol. The lowest BCUT2D eigenvalue weighted by Gasteiger charge is -2.31. The lowest BCUT2D eigenvalue weighted by atomic mass is 9.70. The first kappa shape index (κ1) is 17.0. The molecular formula is C22H28O2. The maximum Gasteiger partial charge on any atom is 0.165 e. The highest BCUT2D eigenvalue weighted by Gasteiger charge is 2.63. The molecule has 0 N–H and O–H groups in total. The van der Waals surface area contributed by atoms with Crippen molar-refractivity contribution in [2.45, 2.75) is 47.0 Å². The Hall–Kier alpha value is -1.83. The van der Waals surface area contributed by atoms with Gasteiger partial charge in [-0.1, -0.05) is 39.0 Å². The number of rotatable bonds is 4. The Balaban J connectivity index is 2.01. The van der Waals surface area contributed by atoms with Crippen molar-refractivity contribution in [1.82, 2.24) is 0 Å². The Morgan fingerprint density at radius 1 is 1.38 bits per heavy atom. The summed E-state index contributed by atoms with van der Waals surface area (Å²) < 4.78 is 5.46. The third-order valence-electron chi connectivity index (χ3n) is 6.48. The molecule has 2 nitrogen and oxygen atoms in total. The molecule has 2 atom stereocenters. The lowest BCUT2D eigenvalue weighted by molar-refractivity contribution is -0.125. The van der Waals surface area contributed by atoms with Gasteiger partial charge >= 0.3 is 0 Å². The van der Waals surface area contributed by atoms with Gasteiger partial charge in [0, 0.05) is 5.41 Å². The lowest BCUT2D eigenvalue weighted by Crippen LogP contribution is -2.32. The SMILES string of the molecule is C=C(C)Cc1cc(C=C2C(=O)C3(C)CCC2C3(C)C)ccc1OC. The fourth-order valence-corrected chi connectivity index (χ4v) is 4.63. The van der Waals surface area contributed by atoms with Crippen molar-refractivity contribution in [2.24, 2.45) is 16.7 Å². The summed E-state index contributed by atoms with van der Waals surface area (Å²) in [6, 6.07) is 6.17. The summed E-state index contributed by atoms with van der Waals surface area (Å²) >= 11 is 0. The van der Waals surface area contributed by atoms with E-state index in [0.717, 1.165) is 47.3 Å². The van der Waals surface area contributed by atoms with Gasteiger partial charge in [0.05, 0.1) is 7.11 Å². The zero-order valence-corrected chi connectivity index (χ0v) is 15.5. The molecule has 3 rings (SSSR count). The van der Waals surface area contributed by atoms with E-state index >= 15 is 0 Å². The standard InChI is InChI=1S/C22H28O2/c1-14(2)11-16-12-15(7-8-19(16)24-6)13-17-18-9-10-22(5,20(17)23)21(18,3)4/h7-8,12-13,18H,1,9-11H2,2-6H3. The van der Waals surface area contributed by atoms with Gasteiger partial charge in [-0.05, 0) is 72.4 Å². The number of Topliss-reactive ketones (excluding diaryl/α,β-unsaturated/α-hetero) is 1. The number of ketones is 1. The van der Waals surface area contributed by atoms with Gasteiger partial charge in [0.15, 0.2) is 5.78 Å². The molecule has 1 aromatic rings. The summed E-state index contributed by atoms with van der Waals surface area (Å²) in [5.41, 5.74) is 4.19. The molecule has 0 radical (unpaired) electrons. The fourth-order valence-electron chi connectivity index (χ4n) is 4.63. The maximum absolute atomic E-state index is 13.0. The second kappa shape index (κ2) is 5.61. The van der Waals surface area contributed by atoms with Gasteiger partial charge in [0.25, 0.3) is 0 Å². The molecule has 2 unspecified atom stereocenters. The highest BCUT2D eigenvalue weighted by molar-refractivity contribution is 6.07. The van der Waals surface area contributed by atoms with Crippen molar-refractivity contribution in [2.75, 3.05) is 7.11 Å². The van der Waals surface area contributed by atoms with E-state index in [0.29, 0.717) is 11.7 Å². The van der Waals surface area contributed by atoms with E-state index in [2.05, 4.69) is 39.5 Å². The van der Waals surface area contributed by atoms with Crippen LogP contribution in [0.15, 0.2) is 35.9 Å². The number of carbonyl (C=O) groups is 1. The molecule has 2 aliphatic rings. The Bertz CT molecular complexity index is 738. The summed E-state index contributed by atoms with van der Waals surface area (Å²) in [6.45, 7) is 12.7. The summed E-state index contributed by atoms with van der Waals surface area (Å²) in [4.78, 5) is 13.0. The van der Waals surface area contributed by atoms with E-state index in [4.69, 9.17) is 4.74 Å². The number of fused-ring (bicyclic) bond motifs is 2. The number of benzene rings is 1. The molecule has 2 saturated carbocycles. The van der Waals surface area contributed by atoms with Crippen LogP contribution in [0.3, 0.4) is 0 Å². The number of ether oxygens (including phenoxy) is 1. The van der Waals surface area contributed by atoms with Crippen LogP contribution in [0.1, 0.15) is 51.7 Å². The predicted octanol–water partition coefficient (Wildman–Crippen LogP) is 5.22. The van der Waals surface area contributed by atoms with Gasteiger partial charge in [-0.25, -0.2) is 0 Å². The van der Waals surface area contributed by atoms with Crippen molar-refractivity contribution < 1.29 is 9.53 Å². The third-order valence-corrected chi connectivity index (χ3v) is 6.48. The quantitative estimate of drug-likeness (QED) is 0.560. The van der Waals surface area contributed by atoms with Crippen molar-refractivity contribution in [1.29, 1.82) is 0 Å². The topological polar surface area (TPSA) is 26.3 Å². The van der Waals surface area contributed by atoms with E-state index in [9.17, 15) is 4.79 Å².